The van der Waals surface area contributed by atoms with Crippen LogP contribution in [0.4, 0.5) is 5.69 Å². The number of amidine groups is 1. The van der Waals surface area contributed by atoms with Gasteiger partial charge in [-0.3, -0.25) is 4.79 Å². The van der Waals surface area contributed by atoms with E-state index in [1.807, 2.05) is 0 Å². The largest absolute Gasteiger partial charge is 0.383 e. The van der Waals surface area contributed by atoms with Crippen LogP contribution in [0.15, 0.2) is 44.5 Å². The van der Waals surface area contributed by atoms with Crippen molar-refractivity contribution in [3.05, 3.63) is 24.3 Å². The molecule has 10 heteroatoms. The number of carbonyl (C=O) groups is 1. The molecule has 0 aromatic heterocycles. The Balaban J connectivity index is 2.16. The van der Waals surface area contributed by atoms with E-state index in [1.165, 1.54) is 24.3 Å². The normalized spacial score (nSPS) is 19.5. The molecule has 0 radical (unpaired) electrons. The fourth-order valence-corrected chi connectivity index (χ4v) is 1.83. The summed E-state index contributed by atoms with van der Waals surface area (Å²) in [4.78, 5) is 11.2. The Morgan fingerprint density at radius 1 is 1.26 bits per heavy atom. The Hall–Kier alpha value is -2.33. The molecule has 1 aliphatic heterocycles. The van der Waals surface area contributed by atoms with Crippen LogP contribution in [0.3, 0.4) is 0 Å². The summed E-state index contributed by atoms with van der Waals surface area (Å²) in [5, 5.41) is 16.0. The molecule has 1 aromatic rings. The zero-order valence-corrected chi connectivity index (χ0v) is 10.3. The molecule has 9 nitrogen and oxygen atoms in total. The van der Waals surface area contributed by atoms with Crippen LogP contribution < -0.4 is 16.3 Å². The Morgan fingerprint density at radius 2 is 1.89 bits per heavy atom. The average Bonchev–Trinajstić information content (AvgIpc) is 2.66. The van der Waals surface area contributed by atoms with Gasteiger partial charge >= 0.3 is 0 Å². The van der Waals surface area contributed by atoms with Crippen molar-refractivity contribution < 1.29 is 13.2 Å². The highest BCUT2D eigenvalue weighted by Gasteiger charge is 2.27. The zero-order valence-electron chi connectivity index (χ0n) is 9.52. The summed E-state index contributed by atoms with van der Waals surface area (Å²) in [6.07, 6.45) is 0. The third-order valence-electron chi connectivity index (χ3n) is 2.28. The standard InChI is InChI=1S/C9H10N6O3S/c10-8-7(9(16)15-14-8)13-12-5-1-3-6(4-2-5)19(11,17)18/h1-4,7H,(H2,10,14)(H,15,16)(H2,11,17,18). The number of sulfonamides is 1. The summed E-state index contributed by atoms with van der Waals surface area (Å²) in [7, 11) is -3.74. The molecule has 1 heterocycles. The van der Waals surface area contributed by atoms with Gasteiger partial charge in [0.05, 0.1) is 10.6 Å². The van der Waals surface area contributed by atoms with Crippen LogP contribution in [0.5, 0.6) is 0 Å². The van der Waals surface area contributed by atoms with Crippen molar-refractivity contribution in [2.24, 2.45) is 26.2 Å². The predicted molar refractivity (Wildman–Crippen MR) is 65.9 cm³/mol. The van der Waals surface area contributed by atoms with Crippen molar-refractivity contribution in [1.82, 2.24) is 5.43 Å². The van der Waals surface area contributed by atoms with Crippen molar-refractivity contribution in [2.75, 3.05) is 0 Å². The first-order chi connectivity index (χ1) is 8.88. The van der Waals surface area contributed by atoms with Crippen molar-refractivity contribution >= 4 is 27.5 Å². The number of hydrogen-bond acceptors (Lipinski definition) is 7. The third kappa shape index (κ3) is 2.92. The van der Waals surface area contributed by atoms with Gasteiger partial charge in [0, 0.05) is 0 Å². The molecule has 1 amide bonds. The van der Waals surface area contributed by atoms with Gasteiger partial charge in [-0.15, -0.1) is 0 Å². The summed E-state index contributed by atoms with van der Waals surface area (Å²) in [6, 6.07) is 4.43. The summed E-state index contributed by atoms with van der Waals surface area (Å²) >= 11 is 0. The quantitative estimate of drug-likeness (QED) is 0.620. The first kappa shape index (κ1) is 13.1. The minimum Gasteiger partial charge on any atom is -0.383 e. The number of hydrazone groups is 1. The molecule has 2 rings (SSSR count). The first-order valence-electron chi connectivity index (χ1n) is 5.04. The SMILES string of the molecule is NC1=NNC(=O)C1N=Nc1ccc(S(N)(=O)=O)cc1. The predicted octanol–water partition coefficient (Wildman–Crippen LogP) is -0.812. The van der Waals surface area contributed by atoms with Gasteiger partial charge in [0.1, 0.15) is 0 Å². The second-order valence-corrected chi connectivity index (χ2v) is 5.23. The molecule has 0 spiro atoms. The van der Waals surface area contributed by atoms with Gasteiger partial charge in [-0.1, -0.05) is 0 Å². The molecule has 1 aliphatic rings. The lowest BCUT2D eigenvalue weighted by Crippen LogP contribution is -2.31. The number of primary sulfonamides is 1. The number of carbonyl (C=O) groups excluding carboxylic acids is 1. The van der Waals surface area contributed by atoms with E-state index in [0.717, 1.165) is 0 Å². The van der Waals surface area contributed by atoms with E-state index in [9.17, 15) is 13.2 Å². The Morgan fingerprint density at radius 3 is 2.37 bits per heavy atom. The van der Waals surface area contributed by atoms with E-state index in [4.69, 9.17) is 10.9 Å². The summed E-state index contributed by atoms with van der Waals surface area (Å²) in [5.41, 5.74) is 7.95. The highest BCUT2D eigenvalue weighted by molar-refractivity contribution is 7.89. The summed E-state index contributed by atoms with van der Waals surface area (Å²) in [5.74, 6) is -0.447. The van der Waals surface area contributed by atoms with E-state index >= 15 is 0 Å². The molecule has 0 bridgehead atoms. The van der Waals surface area contributed by atoms with Gasteiger partial charge in [0.15, 0.2) is 5.84 Å². The second-order valence-electron chi connectivity index (χ2n) is 3.67. The molecule has 0 saturated carbocycles. The number of amides is 1. The second kappa shape index (κ2) is 4.74. The van der Waals surface area contributed by atoms with E-state index in [-0.39, 0.29) is 10.7 Å². The van der Waals surface area contributed by atoms with Crippen molar-refractivity contribution in [1.29, 1.82) is 0 Å². The van der Waals surface area contributed by atoms with Crippen LogP contribution in [-0.4, -0.2) is 26.2 Å². The summed E-state index contributed by atoms with van der Waals surface area (Å²) in [6.45, 7) is 0. The fraction of sp³-hybridized carbons (Fsp3) is 0.111. The molecular formula is C9H10N6O3S. The number of benzene rings is 1. The van der Waals surface area contributed by atoms with E-state index < -0.39 is 22.0 Å². The van der Waals surface area contributed by atoms with E-state index in [0.29, 0.717) is 5.69 Å². The molecule has 1 atom stereocenters. The van der Waals surface area contributed by atoms with E-state index in [1.54, 1.807) is 0 Å². The van der Waals surface area contributed by atoms with Crippen LogP contribution in [0.25, 0.3) is 0 Å². The average molecular weight is 282 g/mol. The molecule has 0 fully saturated rings. The Labute approximate surface area is 108 Å². The van der Waals surface area contributed by atoms with Crippen LogP contribution in [0, 0.1) is 0 Å². The van der Waals surface area contributed by atoms with Gasteiger partial charge in [-0.25, -0.2) is 19.0 Å². The molecule has 0 aliphatic carbocycles. The lowest BCUT2D eigenvalue weighted by molar-refractivity contribution is -0.120. The minimum absolute atomic E-state index is 0.0231. The maximum absolute atomic E-state index is 11.2. The smallest absolute Gasteiger partial charge is 0.274 e. The van der Waals surface area contributed by atoms with Crippen molar-refractivity contribution in [3.8, 4) is 0 Å². The van der Waals surface area contributed by atoms with Gasteiger partial charge in [-0.2, -0.15) is 15.3 Å². The lowest BCUT2D eigenvalue weighted by Gasteiger charge is -2.00. The molecular weight excluding hydrogens is 272 g/mol. The number of rotatable bonds is 3. The van der Waals surface area contributed by atoms with Gasteiger partial charge in [-0.05, 0) is 24.3 Å². The molecule has 100 valence electrons. The van der Waals surface area contributed by atoms with Crippen LogP contribution in [0.2, 0.25) is 0 Å². The molecule has 1 aromatic carbocycles. The van der Waals surface area contributed by atoms with Crippen LogP contribution in [0.1, 0.15) is 0 Å². The third-order valence-corrected chi connectivity index (χ3v) is 3.21. The Bertz CT molecular complexity index is 664. The number of nitrogens with zero attached hydrogens (tertiary/aromatic N) is 3. The van der Waals surface area contributed by atoms with Gasteiger partial charge in [0.2, 0.25) is 16.1 Å². The lowest BCUT2D eigenvalue weighted by atomic mass is 10.3. The maximum Gasteiger partial charge on any atom is 0.274 e. The van der Waals surface area contributed by atoms with Gasteiger partial charge < -0.3 is 5.73 Å². The monoisotopic (exact) mass is 282 g/mol. The topological polar surface area (TPSA) is 152 Å². The molecule has 19 heavy (non-hydrogen) atoms. The fourth-order valence-electron chi connectivity index (χ4n) is 1.31. The molecule has 1 unspecified atom stereocenters. The first-order valence-corrected chi connectivity index (χ1v) is 6.59. The molecule has 5 N–H and O–H groups in total. The summed E-state index contributed by atoms with van der Waals surface area (Å²) < 4.78 is 22.1. The Kier molecular flexibility index (Phi) is 3.27. The number of nitrogens with two attached hydrogens (primary N) is 2. The maximum atomic E-state index is 11.2. The highest BCUT2D eigenvalue weighted by atomic mass is 32.2. The van der Waals surface area contributed by atoms with Gasteiger partial charge in [0.25, 0.3) is 5.91 Å². The molecule has 0 saturated heterocycles. The van der Waals surface area contributed by atoms with Crippen molar-refractivity contribution in [3.63, 3.8) is 0 Å². The number of hydrogen-bond donors (Lipinski definition) is 3. The number of nitrogens with one attached hydrogen (secondary N) is 1. The number of azo groups is 1. The van der Waals surface area contributed by atoms with Crippen molar-refractivity contribution in [2.45, 2.75) is 10.9 Å². The zero-order chi connectivity index (χ0) is 14.0. The highest BCUT2D eigenvalue weighted by Crippen LogP contribution is 2.16. The van der Waals surface area contributed by atoms with Crippen LogP contribution >= 0.6 is 0 Å². The minimum atomic E-state index is -3.74. The van der Waals surface area contributed by atoms with E-state index in [2.05, 4.69) is 20.8 Å². The van der Waals surface area contributed by atoms with Crippen LogP contribution in [-0.2, 0) is 14.8 Å².